The molecule has 2 fully saturated rings. The largest absolute Gasteiger partial charge is 0.508 e. The van der Waals surface area contributed by atoms with Gasteiger partial charge in [-0.1, -0.05) is 55.1 Å². The van der Waals surface area contributed by atoms with Crippen LogP contribution in [0.3, 0.4) is 0 Å². The van der Waals surface area contributed by atoms with Crippen LogP contribution < -0.4 is 15.0 Å². The van der Waals surface area contributed by atoms with Gasteiger partial charge in [0, 0.05) is 55.6 Å². The molecule has 53 heavy (non-hydrogen) atoms. The molecule has 8 nitrogen and oxygen atoms in total. The Balaban J connectivity index is 0.774. The van der Waals surface area contributed by atoms with E-state index in [2.05, 4.69) is 94.5 Å². The van der Waals surface area contributed by atoms with E-state index in [0.29, 0.717) is 37.7 Å². The Bertz CT molecular complexity index is 1950. The number of piperazine rings is 1. The number of nitrogens with one attached hydrogen (secondary N) is 1. The second-order valence-corrected chi connectivity index (χ2v) is 15.1. The molecular formula is C45H50N4O4. The number of ether oxygens (including phenoxy) is 1. The molecule has 3 heterocycles. The average Bonchev–Trinajstić information content (AvgIpc) is 3.51. The highest BCUT2D eigenvalue weighted by Crippen LogP contribution is 2.47. The first-order valence-electron chi connectivity index (χ1n) is 19.4. The van der Waals surface area contributed by atoms with E-state index in [0.717, 1.165) is 93.1 Å². The molecule has 2 saturated heterocycles. The van der Waals surface area contributed by atoms with Gasteiger partial charge in [-0.05, 0) is 128 Å². The summed E-state index contributed by atoms with van der Waals surface area (Å²) in [6, 6.07) is 31.1. The Morgan fingerprint density at radius 3 is 2.40 bits per heavy atom. The molecule has 274 valence electrons. The summed E-state index contributed by atoms with van der Waals surface area (Å²) in [6.45, 7) is 10.1. The second kappa shape index (κ2) is 15.5. The zero-order chi connectivity index (χ0) is 36.3. The number of allylic oxidation sites excluding steroid dienone is 1. The fourth-order valence-corrected chi connectivity index (χ4v) is 8.92. The van der Waals surface area contributed by atoms with Crippen molar-refractivity contribution in [3.8, 4) is 11.5 Å². The lowest BCUT2D eigenvalue weighted by Gasteiger charge is -2.36. The van der Waals surface area contributed by atoms with E-state index in [1.807, 2.05) is 18.2 Å². The Morgan fingerprint density at radius 1 is 0.792 bits per heavy atom. The van der Waals surface area contributed by atoms with Gasteiger partial charge in [0.2, 0.25) is 5.91 Å². The third-order valence-electron chi connectivity index (χ3n) is 11.8. The number of piperidine rings is 1. The summed E-state index contributed by atoms with van der Waals surface area (Å²) in [5.74, 6) is 1.71. The lowest BCUT2D eigenvalue weighted by atomic mass is 9.69. The van der Waals surface area contributed by atoms with Gasteiger partial charge in [0.15, 0.2) is 0 Å². The molecule has 8 rings (SSSR count). The number of amides is 2. The van der Waals surface area contributed by atoms with E-state index >= 15 is 0 Å². The Kier molecular flexibility index (Phi) is 10.2. The standard InChI is InChI=1S/C45H50N4O4/c1-31-10-21-42(44(51)46-31)49-30-35-28-36(14-19-41(35)45(49)52)48-25-23-47(24-26-48)22-6-3-7-27-53-38-16-11-33(12-17-38)43-39(32-8-4-2-5-9-32)18-13-34-29-37(50)15-20-40(34)43/h2,4-5,8-9,11-12,14-17,19-20,28-29,39,42-43,50H,1,3,6-7,10,13,18,21-27,30H2,(H,46,51)/t39-,42?,43+/m1/s1. The van der Waals surface area contributed by atoms with Crippen molar-refractivity contribution in [1.82, 2.24) is 15.1 Å². The minimum atomic E-state index is -0.428. The minimum Gasteiger partial charge on any atom is -0.508 e. The van der Waals surface area contributed by atoms with E-state index in [1.54, 1.807) is 4.90 Å². The number of hydrogen-bond donors (Lipinski definition) is 2. The molecule has 0 radical (unpaired) electrons. The summed E-state index contributed by atoms with van der Waals surface area (Å²) in [5.41, 5.74) is 8.82. The zero-order valence-corrected chi connectivity index (χ0v) is 30.5. The maximum Gasteiger partial charge on any atom is 0.255 e. The lowest BCUT2D eigenvalue weighted by Crippen LogP contribution is -2.49. The molecule has 1 aliphatic carbocycles. The van der Waals surface area contributed by atoms with Crippen molar-refractivity contribution >= 4 is 17.5 Å². The molecule has 3 aliphatic heterocycles. The normalized spacial score (nSPS) is 21.7. The number of hydrogen-bond acceptors (Lipinski definition) is 6. The second-order valence-electron chi connectivity index (χ2n) is 15.1. The summed E-state index contributed by atoms with van der Waals surface area (Å²) < 4.78 is 6.19. The highest BCUT2D eigenvalue weighted by molar-refractivity contribution is 6.01. The van der Waals surface area contributed by atoms with Crippen molar-refractivity contribution in [1.29, 1.82) is 0 Å². The smallest absolute Gasteiger partial charge is 0.255 e. The molecule has 3 atom stereocenters. The molecule has 0 bridgehead atoms. The quantitative estimate of drug-likeness (QED) is 0.158. The van der Waals surface area contributed by atoms with Gasteiger partial charge in [-0.25, -0.2) is 0 Å². The highest BCUT2D eigenvalue weighted by atomic mass is 16.5. The van der Waals surface area contributed by atoms with E-state index in [-0.39, 0.29) is 17.7 Å². The predicted octanol–water partition coefficient (Wildman–Crippen LogP) is 7.37. The van der Waals surface area contributed by atoms with E-state index in [4.69, 9.17) is 4.74 Å². The zero-order valence-electron chi connectivity index (χ0n) is 30.5. The SMILES string of the molecule is C=C1CCC(N2Cc3cc(N4CCN(CCCCCOc5ccc([C@@H]6c7ccc(O)cc7CC[C@@H]6c6ccccc6)cc5)CC4)ccc3C2=O)C(=O)N1. The number of anilines is 1. The lowest BCUT2D eigenvalue weighted by molar-refractivity contribution is -0.126. The van der Waals surface area contributed by atoms with Crippen LogP contribution in [-0.4, -0.2) is 72.1 Å². The Labute approximate surface area is 313 Å². The van der Waals surface area contributed by atoms with Crippen molar-refractivity contribution in [2.24, 2.45) is 0 Å². The van der Waals surface area contributed by atoms with Crippen molar-refractivity contribution < 1.29 is 19.4 Å². The van der Waals surface area contributed by atoms with Crippen LogP contribution in [0.25, 0.3) is 0 Å². The molecule has 8 heteroatoms. The molecule has 2 N–H and O–H groups in total. The molecular weight excluding hydrogens is 661 g/mol. The summed E-state index contributed by atoms with van der Waals surface area (Å²) in [5, 5.41) is 13.0. The summed E-state index contributed by atoms with van der Waals surface area (Å²) in [7, 11) is 0. The van der Waals surface area contributed by atoms with E-state index in [9.17, 15) is 14.7 Å². The van der Waals surface area contributed by atoms with Gasteiger partial charge >= 0.3 is 0 Å². The van der Waals surface area contributed by atoms with Gasteiger partial charge in [-0.3, -0.25) is 14.5 Å². The van der Waals surface area contributed by atoms with Crippen LogP contribution in [0.1, 0.15) is 88.5 Å². The van der Waals surface area contributed by atoms with Crippen LogP contribution in [0.5, 0.6) is 11.5 Å². The number of phenols is 1. The van der Waals surface area contributed by atoms with Crippen LogP contribution in [0, 0.1) is 0 Å². The van der Waals surface area contributed by atoms with Gasteiger partial charge < -0.3 is 25.0 Å². The summed E-state index contributed by atoms with van der Waals surface area (Å²) in [4.78, 5) is 32.4. The number of unbranched alkanes of at least 4 members (excludes halogenated alkanes) is 2. The van der Waals surface area contributed by atoms with Crippen molar-refractivity contribution in [3.05, 3.63) is 137 Å². The molecule has 4 aromatic carbocycles. The van der Waals surface area contributed by atoms with Gasteiger partial charge in [0.25, 0.3) is 5.91 Å². The average molecular weight is 711 g/mol. The predicted molar refractivity (Wildman–Crippen MR) is 209 cm³/mol. The first-order valence-corrected chi connectivity index (χ1v) is 19.4. The van der Waals surface area contributed by atoms with E-state index < -0.39 is 6.04 Å². The molecule has 2 amide bonds. The first kappa shape index (κ1) is 35.0. The van der Waals surface area contributed by atoms with Gasteiger partial charge in [-0.15, -0.1) is 0 Å². The van der Waals surface area contributed by atoms with Gasteiger partial charge in [-0.2, -0.15) is 0 Å². The highest BCUT2D eigenvalue weighted by Gasteiger charge is 2.38. The maximum atomic E-state index is 13.1. The molecule has 4 aromatic rings. The Morgan fingerprint density at radius 2 is 1.60 bits per heavy atom. The van der Waals surface area contributed by atoms with Gasteiger partial charge in [0.05, 0.1) is 6.61 Å². The molecule has 0 saturated carbocycles. The first-order chi connectivity index (χ1) is 25.9. The van der Waals surface area contributed by atoms with Crippen LogP contribution in [0.15, 0.2) is 103 Å². The molecule has 0 aromatic heterocycles. The minimum absolute atomic E-state index is 0.0474. The van der Waals surface area contributed by atoms with Crippen LogP contribution in [0.2, 0.25) is 0 Å². The van der Waals surface area contributed by atoms with E-state index in [1.165, 1.54) is 22.3 Å². The number of carbonyl (C=O) groups is 2. The maximum absolute atomic E-state index is 13.1. The van der Waals surface area contributed by atoms with Crippen LogP contribution in [-0.2, 0) is 17.8 Å². The van der Waals surface area contributed by atoms with Crippen molar-refractivity contribution in [2.45, 2.75) is 69.4 Å². The molecule has 1 unspecified atom stereocenters. The van der Waals surface area contributed by atoms with Crippen LogP contribution in [0.4, 0.5) is 5.69 Å². The van der Waals surface area contributed by atoms with Crippen molar-refractivity contribution in [3.63, 3.8) is 0 Å². The van der Waals surface area contributed by atoms with Crippen LogP contribution >= 0.6 is 0 Å². The molecule has 0 spiro atoms. The fraction of sp³-hybridized carbons (Fsp3) is 0.378. The van der Waals surface area contributed by atoms with Crippen molar-refractivity contribution in [2.75, 3.05) is 44.2 Å². The Hall–Kier alpha value is -5.08. The molecule has 4 aliphatic rings. The third-order valence-corrected chi connectivity index (χ3v) is 11.8. The number of benzene rings is 4. The fourth-order valence-electron chi connectivity index (χ4n) is 8.92. The number of carbonyl (C=O) groups excluding carboxylic acids is 2. The van der Waals surface area contributed by atoms with Gasteiger partial charge in [0.1, 0.15) is 17.5 Å². The third kappa shape index (κ3) is 7.56. The number of rotatable bonds is 11. The summed E-state index contributed by atoms with van der Waals surface area (Å²) in [6.07, 6.45) is 6.66. The number of aryl methyl sites for hydroxylation is 1. The monoisotopic (exact) mass is 710 g/mol. The number of aromatic hydroxyl groups is 1. The number of nitrogens with zero attached hydrogens (tertiary/aromatic N) is 3. The number of fused-ring (bicyclic) bond motifs is 2. The topological polar surface area (TPSA) is 85.4 Å². The number of phenolic OH excluding ortho intramolecular Hbond substituents is 1. The summed E-state index contributed by atoms with van der Waals surface area (Å²) >= 11 is 0.